The molecule has 0 amide bonds. The van der Waals surface area contributed by atoms with Gasteiger partial charge in [0, 0.05) is 0 Å². The largest absolute Gasteiger partial charge is 0.544 e. The lowest BCUT2D eigenvalue weighted by Crippen LogP contribution is -2.22. The molecule has 0 aliphatic heterocycles. The molecule has 0 rings (SSSR count). The van der Waals surface area contributed by atoms with Crippen molar-refractivity contribution in [1.29, 1.82) is 0 Å². The fraction of sp³-hybridized carbons (Fsp3) is 0. The number of hydrogen-bond acceptors (Lipinski definition) is 3. The maximum atomic E-state index is 9.76. The maximum absolute atomic E-state index is 9.76. The summed E-state index contributed by atoms with van der Waals surface area (Å²) < 4.78 is 0. The Morgan fingerprint density at radius 1 is 1.44 bits per heavy atom. The van der Waals surface area contributed by atoms with E-state index >= 15 is 0 Å². The van der Waals surface area contributed by atoms with E-state index < -0.39 is 16.0 Å². The van der Waals surface area contributed by atoms with E-state index in [2.05, 4.69) is 0 Å². The molecule has 50 valence electrons. The monoisotopic (exact) mass is 167 g/mol. The summed E-state index contributed by atoms with van der Waals surface area (Å²) in [5.74, 6) is -1.66. The molecule has 0 aromatic carbocycles. The normalized spacial score (nSPS) is 12.2. The number of rotatable bonds is 2. The van der Waals surface area contributed by atoms with Crippen LogP contribution in [0.3, 0.4) is 0 Å². The van der Waals surface area contributed by atoms with Crippen LogP contribution >= 0.6 is 23.2 Å². The van der Waals surface area contributed by atoms with Crippen molar-refractivity contribution < 1.29 is 14.7 Å². The average Bonchev–Trinajstić information content (AvgIpc) is 1.84. The van der Waals surface area contributed by atoms with Gasteiger partial charge in [0.1, 0.15) is 5.03 Å². The van der Waals surface area contributed by atoms with E-state index in [-0.39, 0.29) is 6.29 Å². The van der Waals surface area contributed by atoms with Gasteiger partial charge in [0.2, 0.25) is 0 Å². The topological polar surface area (TPSA) is 57.2 Å². The molecule has 0 atom stereocenters. The number of halogens is 2. The van der Waals surface area contributed by atoms with E-state index in [0.29, 0.717) is 0 Å². The Hall–Kier alpha value is -0.540. The lowest BCUT2D eigenvalue weighted by molar-refractivity contribution is -0.298. The SMILES string of the molecule is O=C/C(Cl)=C(/Cl)C(=O)[O-]. The number of carboxylic acid groups (broad SMARTS) is 1. The van der Waals surface area contributed by atoms with Crippen molar-refractivity contribution in [2.75, 3.05) is 0 Å². The number of aldehydes is 1. The molecule has 0 heterocycles. The molecule has 9 heavy (non-hydrogen) atoms. The first-order valence-corrected chi connectivity index (χ1v) is 2.57. The van der Waals surface area contributed by atoms with Gasteiger partial charge in [-0.25, -0.2) is 0 Å². The van der Waals surface area contributed by atoms with Gasteiger partial charge in [-0.3, -0.25) is 4.79 Å². The van der Waals surface area contributed by atoms with Crippen LogP contribution in [-0.2, 0) is 9.59 Å². The second-order valence-electron chi connectivity index (χ2n) is 1.07. The van der Waals surface area contributed by atoms with Crippen molar-refractivity contribution >= 4 is 35.5 Å². The molecule has 0 fully saturated rings. The third-order valence-corrected chi connectivity index (χ3v) is 1.23. The van der Waals surface area contributed by atoms with Crippen molar-refractivity contribution in [3.63, 3.8) is 0 Å². The first kappa shape index (κ1) is 8.46. The van der Waals surface area contributed by atoms with Crippen LogP contribution in [0.25, 0.3) is 0 Å². The average molecular weight is 168 g/mol. The highest BCUT2D eigenvalue weighted by Crippen LogP contribution is 2.09. The molecule has 0 aromatic rings. The zero-order valence-corrected chi connectivity index (χ0v) is 5.57. The van der Waals surface area contributed by atoms with Gasteiger partial charge in [-0.15, -0.1) is 0 Å². The third-order valence-electron chi connectivity index (χ3n) is 0.492. The Labute approximate surface area is 60.9 Å². The molecule has 0 aliphatic carbocycles. The molecule has 0 N–H and O–H groups in total. The minimum Gasteiger partial charge on any atom is -0.544 e. The Morgan fingerprint density at radius 2 is 1.89 bits per heavy atom. The van der Waals surface area contributed by atoms with Gasteiger partial charge >= 0.3 is 0 Å². The fourth-order valence-electron chi connectivity index (χ4n) is 0.149. The van der Waals surface area contributed by atoms with Crippen molar-refractivity contribution in [2.45, 2.75) is 0 Å². The van der Waals surface area contributed by atoms with Crippen LogP contribution < -0.4 is 5.11 Å². The van der Waals surface area contributed by atoms with Crippen LogP contribution in [-0.4, -0.2) is 12.3 Å². The number of carboxylic acids is 1. The van der Waals surface area contributed by atoms with E-state index in [9.17, 15) is 14.7 Å². The minimum absolute atomic E-state index is 0.125. The Kier molecular flexibility index (Phi) is 3.27. The summed E-state index contributed by atoms with van der Waals surface area (Å²) >= 11 is 9.89. The zero-order valence-electron chi connectivity index (χ0n) is 4.06. The second-order valence-corrected chi connectivity index (χ2v) is 1.85. The molecule has 3 nitrogen and oxygen atoms in total. The van der Waals surface area contributed by atoms with E-state index in [0.717, 1.165) is 0 Å². The van der Waals surface area contributed by atoms with Crippen LogP contribution in [0.15, 0.2) is 10.1 Å². The van der Waals surface area contributed by atoms with Crippen LogP contribution in [0.1, 0.15) is 0 Å². The highest BCUT2D eigenvalue weighted by atomic mass is 35.5. The minimum atomic E-state index is -1.66. The van der Waals surface area contributed by atoms with Crippen molar-refractivity contribution in [1.82, 2.24) is 0 Å². The quantitative estimate of drug-likeness (QED) is 0.417. The van der Waals surface area contributed by atoms with E-state index in [1.807, 2.05) is 0 Å². The first-order valence-electron chi connectivity index (χ1n) is 1.81. The van der Waals surface area contributed by atoms with E-state index in [1.54, 1.807) is 0 Å². The van der Waals surface area contributed by atoms with Crippen molar-refractivity contribution in [3.05, 3.63) is 10.1 Å². The lowest BCUT2D eigenvalue weighted by Gasteiger charge is -1.96. The van der Waals surface area contributed by atoms with Crippen LogP contribution in [0.2, 0.25) is 0 Å². The fourth-order valence-corrected chi connectivity index (χ4v) is 0.271. The zero-order chi connectivity index (χ0) is 7.44. The molecule has 0 spiro atoms. The molecule has 0 aliphatic rings. The highest BCUT2D eigenvalue weighted by molar-refractivity contribution is 6.51. The Balaban J connectivity index is 4.47. The van der Waals surface area contributed by atoms with E-state index in [1.165, 1.54) is 0 Å². The molecule has 0 radical (unpaired) electrons. The van der Waals surface area contributed by atoms with Crippen LogP contribution in [0.5, 0.6) is 0 Å². The standard InChI is InChI=1S/C4H2Cl2O3/c5-2(1-7)3(6)4(8)9/h1H,(H,8,9)/p-1/b3-2-. The molecular formula is C4HCl2O3-. The van der Waals surface area contributed by atoms with Gasteiger partial charge in [-0.2, -0.15) is 0 Å². The van der Waals surface area contributed by atoms with Gasteiger partial charge < -0.3 is 9.90 Å². The van der Waals surface area contributed by atoms with Gasteiger partial charge in [0.25, 0.3) is 0 Å². The predicted octanol–water partition coefficient (Wildman–Crippen LogP) is -0.376. The van der Waals surface area contributed by atoms with Gasteiger partial charge in [-0.05, 0) is 0 Å². The third kappa shape index (κ3) is 2.49. The lowest BCUT2D eigenvalue weighted by atomic mass is 10.5. The summed E-state index contributed by atoms with van der Waals surface area (Å²) in [5, 5.41) is 8.43. The van der Waals surface area contributed by atoms with Crippen LogP contribution in [0.4, 0.5) is 0 Å². The summed E-state index contributed by atoms with van der Waals surface area (Å²) in [6.45, 7) is 0. The summed E-state index contributed by atoms with van der Waals surface area (Å²) in [7, 11) is 0. The molecule has 0 aromatic heterocycles. The second kappa shape index (κ2) is 3.48. The maximum Gasteiger partial charge on any atom is 0.163 e. The van der Waals surface area contributed by atoms with Crippen molar-refractivity contribution in [2.24, 2.45) is 0 Å². The van der Waals surface area contributed by atoms with Crippen molar-refractivity contribution in [3.8, 4) is 0 Å². The first-order chi connectivity index (χ1) is 4.09. The molecule has 5 heteroatoms. The molecular weight excluding hydrogens is 167 g/mol. The number of carbonyl (C=O) groups excluding carboxylic acids is 2. The molecule has 0 bridgehead atoms. The number of carbonyl (C=O) groups is 2. The number of aliphatic carboxylic acids is 1. The highest BCUT2D eigenvalue weighted by Gasteiger charge is 1.99. The molecule has 0 saturated carbocycles. The summed E-state index contributed by atoms with van der Waals surface area (Å²) in [6, 6.07) is 0. The summed E-state index contributed by atoms with van der Waals surface area (Å²) in [5.41, 5.74) is 0. The molecule has 0 saturated heterocycles. The predicted molar refractivity (Wildman–Crippen MR) is 29.8 cm³/mol. The smallest absolute Gasteiger partial charge is 0.163 e. The Bertz CT molecular complexity index is 173. The van der Waals surface area contributed by atoms with Gasteiger partial charge in [0.05, 0.1) is 11.0 Å². The molecule has 0 unspecified atom stereocenters. The Morgan fingerprint density at radius 3 is 2.00 bits per heavy atom. The number of hydrogen-bond donors (Lipinski definition) is 0. The van der Waals surface area contributed by atoms with E-state index in [4.69, 9.17) is 23.2 Å². The van der Waals surface area contributed by atoms with Gasteiger partial charge in [0.15, 0.2) is 6.29 Å². The number of allylic oxidation sites excluding steroid dienone is 1. The summed E-state index contributed by atoms with van der Waals surface area (Å²) in [4.78, 5) is 19.4. The van der Waals surface area contributed by atoms with Crippen LogP contribution in [0, 0.1) is 0 Å². The summed E-state index contributed by atoms with van der Waals surface area (Å²) in [6.07, 6.45) is 0.125. The van der Waals surface area contributed by atoms with Gasteiger partial charge in [-0.1, -0.05) is 23.2 Å².